The van der Waals surface area contributed by atoms with Crippen LogP contribution in [0, 0.1) is 0 Å². The van der Waals surface area contributed by atoms with E-state index in [4.69, 9.17) is 11.6 Å². The van der Waals surface area contributed by atoms with Crippen LogP contribution in [0.25, 0.3) is 0 Å². The molecule has 0 radical (unpaired) electrons. The van der Waals surface area contributed by atoms with Gasteiger partial charge >= 0.3 is 6.18 Å². The molecule has 1 aromatic rings. The maximum Gasteiger partial charge on any atom is 0.420 e. The molecule has 0 amide bonds. The zero-order chi connectivity index (χ0) is 13.2. The Morgan fingerprint density at radius 1 is 1.41 bits per heavy atom. The normalized spacial score (nSPS) is 11.4. The SMILES string of the molecule is COc1c(Cl)cc(CC(C)=O)cc1C(F)(F)F. The molecule has 0 bridgehead atoms. The van der Waals surface area contributed by atoms with Gasteiger partial charge in [0, 0.05) is 6.42 Å². The Labute approximate surface area is 101 Å². The minimum absolute atomic E-state index is 0.0905. The Morgan fingerprint density at radius 2 is 2.00 bits per heavy atom. The number of Topliss-reactive ketones (excluding diaryl/α,β-unsaturated/α-hetero) is 1. The number of halogens is 4. The van der Waals surface area contributed by atoms with E-state index in [1.54, 1.807) is 0 Å². The van der Waals surface area contributed by atoms with Crippen molar-refractivity contribution < 1.29 is 22.7 Å². The van der Waals surface area contributed by atoms with Gasteiger partial charge in [-0.3, -0.25) is 4.79 Å². The van der Waals surface area contributed by atoms with Gasteiger partial charge in [0.15, 0.2) is 0 Å². The highest BCUT2D eigenvalue weighted by molar-refractivity contribution is 6.32. The maximum atomic E-state index is 12.7. The highest BCUT2D eigenvalue weighted by atomic mass is 35.5. The monoisotopic (exact) mass is 266 g/mol. The molecule has 94 valence electrons. The number of methoxy groups -OCH3 is 1. The molecule has 0 aliphatic heterocycles. The van der Waals surface area contributed by atoms with Crippen LogP contribution >= 0.6 is 11.6 Å². The first-order valence-corrected chi connectivity index (χ1v) is 5.06. The largest absolute Gasteiger partial charge is 0.495 e. The molecule has 17 heavy (non-hydrogen) atoms. The van der Waals surface area contributed by atoms with Gasteiger partial charge in [-0.15, -0.1) is 0 Å². The van der Waals surface area contributed by atoms with E-state index >= 15 is 0 Å². The van der Waals surface area contributed by atoms with Crippen LogP contribution in [0.5, 0.6) is 5.75 Å². The third-order valence-electron chi connectivity index (χ3n) is 2.07. The van der Waals surface area contributed by atoms with Gasteiger partial charge in [0.05, 0.1) is 17.7 Å². The smallest absolute Gasteiger partial charge is 0.420 e. The summed E-state index contributed by atoms with van der Waals surface area (Å²) in [6.07, 6.45) is -4.66. The first-order chi connectivity index (χ1) is 7.75. The van der Waals surface area contributed by atoms with E-state index in [1.807, 2.05) is 0 Å². The number of alkyl halides is 3. The summed E-state index contributed by atoms with van der Waals surface area (Å²) in [4.78, 5) is 10.9. The van der Waals surface area contributed by atoms with Gasteiger partial charge < -0.3 is 4.74 Å². The summed E-state index contributed by atoms with van der Waals surface area (Å²) in [5.74, 6) is -0.661. The zero-order valence-electron chi connectivity index (χ0n) is 9.19. The molecule has 1 aromatic carbocycles. The van der Waals surface area contributed by atoms with Gasteiger partial charge in [0.25, 0.3) is 0 Å². The van der Waals surface area contributed by atoms with Crippen LogP contribution in [0.2, 0.25) is 5.02 Å². The molecule has 0 spiro atoms. The summed E-state index contributed by atoms with van der Waals surface area (Å²) in [6, 6.07) is 2.18. The number of benzene rings is 1. The van der Waals surface area contributed by atoms with Crippen molar-refractivity contribution in [2.45, 2.75) is 19.5 Å². The maximum absolute atomic E-state index is 12.7. The van der Waals surface area contributed by atoms with Gasteiger partial charge in [0.2, 0.25) is 0 Å². The van der Waals surface area contributed by atoms with Crippen LogP contribution in [0.3, 0.4) is 0 Å². The second kappa shape index (κ2) is 4.96. The van der Waals surface area contributed by atoms with Crippen molar-refractivity contribution in [1.29, 1.82) is 0 Å². The van der Waals surface area contributed by atoms with Crippen LogP contribution in [-0.2, 0) is 17.4 Å². The highest BCUT2D eigenvalue weighted by Gasteiger charge is 2.35. The Morgan fingerprint density at radius 3 is 2.41 bits per heavy atom. The summed E-state index contributed by atoms with van der Waals surface area (Å²) in [5.41, 5.74) is -0.751. The lowest BCUT2D eigenvalue weighted by molar-refractivity contribution is -0.138. The third-order valence-corrected chi connectivity index (χ3v) is 2.35. The van der Waals surface area contributed by atoms with Crippen molar-refractivity contribution in [3.63, 3.8) is 0 Å². The number of hydrogen-bond donors (Lipinski definition) is 0. The number of carbonyl (C=O) groups is 1. The lowest BCUT2D eigenvalue weighted by Crippen LogP contribution is -2.09. The van der Waals surface area contributed by atoms with Gasteiger partial charge in [0.1, 0.15) is 11.5 Å². The van der Waals surface area contributed by atoms with Crippen LogP contribution in [0.15, 0.2) is 12.1 Å². The van der Waals surface area contributed by atoms with Crippen molar-refractivity contribution in [1.82, 2.24) is 0 Å². The minimum Gasteiger partial charge on any atom is -0.495 e. The summed E-state index contributed by atoms with van der Waals surface area (Å²) in [7, 11) is 1.11. The fraction of sp³-hybridized carbons (Fsp3) is 0.364. The van der Waals surface area contributed by atoms with Crippen molar-refractivity contribution in [2.24, 2.45) is 0 Å². The molecule has 2 nitrogen and oxygen atoms in total. The summed E-state index contributed by atoms with van der Waals surface area (Å²) in [6.45, 7) is 1.30. The molecule has 0 aromatic heterocycles. The highest BCUT2D eigenvalue weighted by Crippen LogP contribution is 2.41. The molecule has 0 N–H and O–H groups in total. The Bertz CT molecular complexity index is 441. The molecule has 0 aliphatic rings. The minimum atomic E-state index is -4.57. The second-order valence-corrected chi connectivity index (χ2v) is 3.94. The molecule has 0 aliphatic carbocycles. The van der Waals surface area contributed by atoms with E-state index in [0.29, 0.717) is 0 Å². The average molecular weight is 267 g/mol. The standard InChI is InChI=1S/C11H10ClF3O2/c1-6(16)3-7-4-8(11(13,14)15)10(17-2)9(12)5-7/h4-5H,3H2,1-2H3. The Kier molecular flexibility index (Phi) is 4.03. The third kappa shape index (κ3) is 3.36. The molecular formula is C11H10ClF3O2. The summed E-state index contributed by atoms with van der Waals surface area (Å²) in [5, 5.41) is -0.154. The van der Waals surface area contributed by atoms with Gasteiger partial charge in [-0.25, -0.2) is 0 Å². The zero-order valence-corrected chi connectivity index (χ0v) is 9.95. The second-order valence-electron chi connectivity index (χ2n) is 3.54. The molecule has 0 fully saturated rings. The van der Waals surface area contributed by atoms with Gasteiger partial charge in [-0.05, 0) is 24.6 Å². The fourth-order valence-corrected chi connectivity index (χ4v) is 1.78. The summed E-state index contributed by atoms with van der Waals surface area (Å²) >= 11 is 5.69. The van der Waals surface area contributed by atoms with E-state index in [0.717, 1.165) is 13.2 Å². The number of ketones is 1. The predicted molar refractivity (Wildman–Crippen MR) is 57.4 cm³/mol. The van der Waals surface area contributed by atoms with Crippen LogP contribution < -0.4 is 4.74 Å². The lowest BCUT2D eigenvalue weighted by atomic mass is 10.0. The molecule has 6 heteroatoms. The molecule has 1 rings (SSSR count). The van der Waals surface area contributed by atoms with Gasteiger partial charge in [-0.1, -0.05) is 11.6 Å². The van der Waals surface area contributed by atoms with Crippen LogP contribution in [0.1, 0.15) is 18.1 Å². The molecule has 0 atom stereocenters. The van der Waals surface area contributed by atoms with Crippen molar-refractivity contribution >= 4 is 17.4 Å². The quantitative estimate of drug-likeness (QED) is 0.837. The van der Waals surface area contributed by atoms with E-state index < -0.39 is 17.5 Å². The number of hydrogen-bond acceptors (Lipinski definition) is 2. The Hall–Kier alpha value is -1.23. The number of ether oxygens (including phenoxy) is 1. The summed E-state index contributed by atoms with van der Waals surface area (Å²) < 4.78 is 42.8. The first-order valence-electron chi connectivity index (χ1n) is 4.68. The molecule has 0 unspecified atom stereocenters. The van der Waals surface area contributed by atoms with E-state index in [-0.39, 0.29) is 22.8 Å². The fourth-order valence-electron chi connectivity index (χ4n) is 1.46. The molecule has 0 saturated carbocycles. The lowest BCUT2D eigenvalue weighted by Gasteiger charge is -2.14. The van der Waals surface area contributed by atoms with Gasteiger partial charge in [-0.2, -0.15) is 13.2 Å². The van der Waals surface area contributed by atoms with E-state index in [2.05, 4.69) is 4.74 Å². The van der Waals surface area contributed by atoms with Crippen molar-refractivity contribution in [2.75, 3.05) is 7.11 Å². The topological polar surface area (TPSA) is 26.3 Å². The first kappa shape index (κ1) is 13.8. The number of rotatable bonds is 3. The number of carbonyl (C=O) groups excluding carboxylic acids is 1. The van der Waals surface area contributed by atoms with Crippen LogP contribution in [-0.4, -0.2) is 12.9 Å². The molecular weight excluding hydrogens is 257 g/mol. The predicted octanol–water partition coefficient (Wildman–Crippen LogP) is 3.50. The Balaban J connectivity index is 3.34. The van der Waals surface area contributed by atoms with E-state index in [9.17, 15) is 18.0 Å². The molecule has 0 saturated heterocycles. The van der Waals surface area contributed by atoms with Crippen molar-refractivity contribution in [3.05, 3.63) is 28.3 Å². The van der Waals surface area contributed by atoms with E-state index in [1.165, 1.54) is 13.0 Å². The van der Waals surface area contributed by atoms with Crippen LogP contribution in [0.4, 0.5) is 13.2 Å². The molecule has 0 heterocycles. The van der Waals surface area contributed by atoms with Crippen molar-refractivity contribution in [3.8, 4) is 5.75 Å². The average Bonchev–Trinajstić information content (AvgIpc) is 2.14.